The number of hydrogen-bond donors (Lipinski definition) is 2. The van der Waals surface area contributed by atoms with Gasteiger partial charge in [-0.05, 0) is 33.1 Å². The van der Waals surface area contributed by atoms with Crippen LogP contribution in [0.2, 0.25) is 0 Å². The maximum absolute atomic E-state index is 12.6. The molecule has 2 fully saturated rings. The lowest BCUT2D eigenvalue weighted by Gasteiger charge is -2.20. The number of nitrogens with one attached hydrogen (secondary N) is 2. The molecule has 0 radical (unpaired) electrons. The van der Waals surface area contributed by atoms with Crippen LogP contribution in [-0.2, 0) is 12.7 Å². The number of likely N-dealkylation sites (tertiary alicyclic amines) is 1. The number of thiazole rings is 1. The highest BCUT2D eigenvalue weighted by Gasteiger charge is 2.39. The fourth-order valence-corrected chi connectivity index (χ4v) is 3.97. The van der Waals surface area contributed by atoms with Crippen LogP contribution in [0, 0.1) is 0 Å². The third-order valence-corrected chi connectivity index (χ3v) is 5.37. The van der Waals surface area contributed by atoms with Crippen molar-refractivity contribution in [2.45, 2.75) is 64.0 Å². The summed E-state index contributed by atoms with van der Waals surface area (Å²) in [6.07, 6.45) is -0.766. The number of aliphatic imine (C=N–C) groups is 1. The van der Waals surface area contributed by atoms with Gasteiger partial charge in [-0.15, -0.1) is 11.3 Å². The van der Waals surface area contributed by atoms with E-state index in [4.69, 9.17) is 0 Å². The van der Waals surface area contributed by atoms with Crippen LogP contribution in [0.15, 0.2) is 10.4 Å². The van der Waals surface area contributed by atoms with Crippen LogP contribution in [0.5, 0.6) is 0 Å². The minimum atomic E-state index is -4.40. The van der Waals surface area contributed by atoms with E-state index in [9.17, 15) is 13.2 Å². The molecule has 140 valence electrons. The van der Waals surface area contributed by atoms with Gasteiger partial charge in [-0.2, -0.15) is 13.2 Å². The fourth-order valence-electron chi connectivity index (χ4n) is 3.25. The minimum absolute atomic E-state index is 0.144. The van der Waals surface area contributed by atoms with Gasteiger partial charge in [-0.3, -0.25) is 4.90 Å². The van der Waals surface area contributed by atoms with Crippen LogP contribution >= 0.6 is 11.3 Å². The van der Waals surface area contributed by atoms with Crippen LogP contribution < -0.4 is 10.6 Å². The number of hydrogen-bond acceptors (Lipinski definition) is 4. The lowest BCUT2D eigenvalue weighted by molar-refractivity contribution is -0.140. The van der Waals surface area contributed by atoms with E-state index in [0.717, 1.165) is 35.7 Å². The molecule has 2 heterocycles. The highest BCUT2D eigenvalue weighted by molar-refractivity contribution is 7.09. The number of aromatic nitrogens is 1. The Morgan fingerprint density at radius 2 is 2.20 bits per heavy atom. The van der Waals surface area contributed by atoms with Gasteiger partial charge in [0.15, 0.2) is 11.7 Å². The van der Waals surface area contributed by atoms with Crippen molar-refractivity contribution in [2.75, 3.05) is 13.1 Å². The summed E-state index contributed by atoms with van der Waals surface area (Å²) in [5.41, 5.74) is -0.842. The van der Waals surface area contributed by atoms with Crippen molar-refractivity contribution in [1.29, 1.82) is 0 Å². The summed E-state index contributed by atoms with van der Waals surface area (Å²) in [6.45, 7) is 6.05. The smallest absolute Gasteiger partial charge is 0.357 e. The second kappa shape index (κ2) is 7.49. The quantitative estimate of drug-likeness (QED) is 0.614. The van der Waals surface area contributed by atoms with Crippen molar-refractivity contribution >= 4 is 17.3 Å². The molecule has 2 atom stereocenters. The third-order valence-electron chi connectivity index (χ3n) is 4.54. The van der Waals surface area contributed by atoms with Crippen molar-refractivity contribution in [1.82, 2.24) is 20.5 Å². The highest BCUT2D eigenvalue weighted by Crippen LogP contribution is 2.33. The number of nitrogens with zero attached hydrogens (tertiary/aromatic N) is 3. The first-order valence-electron chi connectivity index (χ1n) is 8.69. The summed E-state index contributed by atoms with van der Waals surface area (Å²) < 4.78 is 37.8. The normalized spacial score (nSPS) is 25.4. The number of halogens is 3. The van der Waals surface area contributed by atoms with Crippen molar-refractivity contribution in [2.24, 2.45) is 4.99 Å². The van der Waals surface area contributed by atoms with E-state index in [-0.39, 0.29) is 6.54 Å². The van der Waals surface area contributed by atoms with Gasteiger partial charge in [0.25, 0.3) is 0 Å². The number of rotatable bonds is 5. The van der Waals surface area contributed by atoms with Gasteiger partial charge in [0, 0.05) is 36.6 Å². The average Bonchev–Trinajstić information content (AvgIpc) is 3.13. The average molecular weight is 375 g/mol. The first-order chi connectivity index (χ1) is 11.9. The molecule has 2 aliphatic rings. The van der Waals surface area contributed by atoms with E-state index in [0.29, 0.717) is 29.6 Å². The largest absolute Gasteiger partial charge is 0.434 e. The lowest BCUT2D eigenvalue weighted by atomic mass is 10.2. The zero-order chi connectivity index (χ0) is 18.0. The Labute approximate surface area is 149 Å². The number of guanidine groups is 1. The van der Waals surface area contributed by atoms with Crippen LogP contribution in [0.3, 0.4) is 0 Å². The van der Waals surface area contributed by atoms with Crippen LogP contribution in [0.1, 0.15) is 43.8 Å². The molecular weight excluding hydrogens is 351 g/mol. The summed E-state index contributed by atoms with van der Waals surface area (Å²) >= 11 is 0.990. The first kappa shape index (κ1) is 18.4. The molecule has 1 aromatic heterocycles. The summed E-state index contributed by atoms with van der Waals surface area (Å²) in [5.74, 6) is 0.640. The van der Waals surface area contributed by atoms with Gasteiger partial charge >= 0.3 is 6.18 Å². The second-order valence-electron chi connectivity index (χ2n) is 6.67. The molecule has 1 saturated carbocycles. The summed E-state index contributed by atoms with van der Waals surface area (Å²) in [7, 11) is 0. The van der Waals surface area contributed by atoms with Crippen molar-refractivity contribution in [3.05, 3.63) is 16.1 Å². The topological polar surface area (TPSA) is 52.6 Å². The van der Waals surface area contributed by atoms with Crippen molar-refractivity contribution in [3.8, 4) is 0 Å². The fraction of sp³-hybridized carbons (Fsp3) is 0.750. The molecule has 0 amide bonds. The van der Waals surface area contributed by atoms with Gasteiger partial charge in [-0.1, -0.05) is 0 Å². The molecule has 1 aliphatic heterocycles. The van der Waals surface area contributed by atoms with Gasteiger partial charge < -0.3 is 10.6 Å². The Balaban J connectivity index is 1.58. The third kappa shape index (κ3) is 4.84. The minimum Gasteiger partial charge on any atom is -0.357 e. The van der Waals surface area contributed by atoms with Crippen molar-refractivity contribution in [3.63, 3.8) is 0 Å². The van der Waals surface area contributed by atoms with E-state index < -0.39 is 11.9 Å². The van der Waals surface area contributed by atoms with E-state index in [2.05, 4.69) is 32.4 Å². The van der Waals surface area contributed by atoms with Crippen LogP contribution in [0.25, 0.3) is 0 Å². The van der Waals surface area contributed by atoms with E-state index in [1.165, 1.54) is 12.8 Å². The SMILES string of the molecule is CCNC(=NCc1nc(C(F)(F)F)cs1)NC1CC(C)N(C2CC2)C1. The molecule has 2 unspecified atom stereocenters. The molecule has 5 nitrogen and oxygen atoms in total. The molecule has 0 aromatic carbocycles. The van der Waals surface area contributed by atoms with Crippen LogP contribution in [0.4, 0.5) is 13.2 Å². The molecule has 0 spiro atoms. The summed E-state index contributed by atoms with van der Waals surface area (Å²) in [5, 5.41) is 7.99. The summed E-state index contributed by atoms with van der Waals surface area (Å²) in [6, 6.07) is 1.61. The van der Waals surface area contributed by atoms with E-state index >= 15 is 0 Å². The molecule has 1 saturated heterocycles. The summed E-state index contributed by atoms with van der Waals surface area (Å²) in [4.78, 5) is 10.6. The lowest BCUT2D eigenvalue weighted by Crippen LogP contribution is -2.44. The standard InChI is InChI=1S/C16H24F3N5S/c1-3-20-15(21-7-14-23-13(9-25-14)16(17,18)19)22-11-6-10(2)24(8-11)12-4-5-12/h9-12H,3-8H2,1-2H3,(H2,20,21,22). The second-order valence-corrected chi connectivity index (χ2v) is 7.62. The molecular formula is C16H24F3N5S. The zero-order valence-corrected chi connectivity index (χ0v) is 15.3. The number of alkyl halides is 3. The molecule has 1 aliphatic carbocycles. The molecule has 3 rings (SSSR count). The predicted octanol–water partition coefficient (Wildman–Crippen LogP) is 2.84. The molecule has 1 aromatic rings. The molecule has 0 bridgehead atoms. The van der Waals surface area contributed by atoms with Gasteiger partial charge in [0.1, 0.15) is 5.01 Å². The van der Waals surface area contributed by atoms with Gasteiger partial charge in [-0.25, -0.2) is 9.98 Å². The van der Waals surface area contributed by atoms with E-state index in [1.54, 1.807) is 0 Å². The highest BCUT2D eigenvalue weighted by atomic mass is 32.1. The Hall–Kier alpha value is -1.35. The monoisotopic (exact) mass is 375 g/mol. The van der Waals surface area contributed by atoms with Crippen LogP contribution in [-0.4, -0.2) is 47.1 Å². The Kier molecular flexibility index (Phi) is 5.52. The first-order valence-corrected chi connectivity index (χ1v) is 9.57. The maximum Gasteiger partial charge on any atom is 0.434 e. The Morgan fingerprint density at radius 1 is 1.44 bits per heavy atom. The van der Waals surface area contributed by atoms with Crippen molar-refractivity contribution < 1.29 is 13.2 Å². The Morgan fingerprint density at radius 3 is 2.80 bits per heavy atom. The Bertz CT molecular complexity index is 611. The van der Waals surface area contributed by atoms with Gasteiger partial charge in [0.05, 0.1) is 6.54 Å². The molecule has 25 heavy (non-hydrogen) atoms. The predicted molar refractivity (Wildman–Crippen MR) is 92.7 cm³/mol. The molecule has 2 N–H and O–H groups in total. The van der Waals surface area contributed by atoms with Gasteiger partial charge in [0.2, 0.25) is 0 Å². The maximum atomic E-state index is 12.6. The zero-order valence-electron chi connectivity index (χ0n) is 14.4. The van der Waals surface area contributed by atoms with E-state index in [1.807, 2.05) is 6.92 Å². The molecule has 9 heteroatoms.